The summed E-state index contributed by atoms with van der Waals surface area (Å²) in [6.45, 7) is 4.05. The Morgan fingerprint density at radius 2 is 0.923 bits per heavy atom. The lowest BCUT2D eigenvalue weighted by Crippen LogP contribution is -2.75. The molecule has 39 heavy (non-hydrogen) atoms. The molecule has 1 aromatic carbocycles. The number of carbonyl (C=O) groups excluding carboxylic acids is 1. The molecule has 0 saturated heterocycles. The number of benzene rings is 1. The van der Waals surface area contributed by atoms with E-state index in [1.807, 2.05) is 0 Å². The molecule has 0 spiro atoms. The van der Waals surface area contributed by atoms with Crippen molar-refractivity contribution in [2.75, 3.05) is 23.3 Å². The van der Waals surface area contributed by atoms with Crippen LogP contribution in [0, 0.1) is 0 Å². The summed E-state index contributed by atoms with van der Waals surface area (Å²) in [6.07, 6.45) is -7.83. The van der Waals surface area contributed by atoms with Crippen molar-refractivity contribution in [2.45, 2.75) is 61.5 Å². The van der Waals surface area contributed by atoms with Crippen LogP contribution in [0.2, 0.25) is 0 Å². The quantitative estimate of drug-likeness (QED) is 0.264. The maximum absolute atomic E-state index is 14.0. The van der Waals surface area contributed by atoms with E-state index in [4.69, 9.17) is 0 Å². The normalized spacial score (nSPS) is 14.8. The highest BCUT2D eigenvalue weighted by atomic mass is 19.4. The average molecular weight is 610 g/mol. The molecule has 0 atom stereocenters. The van der Waals surface area contributed by atoms with Crippen LogP contribution in [-0.2, 0) is 4.79 Å². The number of amides is 1. The van der Waals surface area contributed by atoms with E-state index in [0.29, 0.717) is 30.9 Å². The van der Waals surface area contributed by atoms with Crippen molar-refractivity contribution >= 4 is 17.3 Å². The number of alkyl halides is 17. The Bertz CT molecular complexity index is 1010. The summed E-state index contributed by atoms with van der Waals surface area (Å²) in [6, 6.07) is 3.54. The average Bonchev–Trinajstić information content (AvgIpc) is 2.79. The van der Waals surface area contributed by atoms with E-state index >= 15 is 0 Å². The molecule has 0 heterocycles. The minimum Gasteiger partial charge on any atom is -0.372 e. The fourth-order valence-corrected chi connectivity index (χ4v) is 2.86. The van der Waals surface area contributed by atoms with Crippen LogP contribution in [-0.4, -0.2) is 66.6 Å². The summed E-state index contributed by atoms with van der Waals surface area (Å²) in [4.78, 5) is 13.2. The molecule has 0 unspecified atom stereocenters. The minimum atomic E-state index is -8.75. The van der Waals surface area contributed by atoms with Gasteiger partial charge in [0.1, 0.15) is 0 Å². The summed E-state index contributed by atoms with van der Waals surface area (Å²) in [5.41, 5.74) is -0.553. The first-order chi connectivity index (χ1) is 17.1. The molecule has 1 rings (SSSR count). The lowest BCUT2D eigenvalue weighted by molar-refractivity contribution is -0.459. The molecule has 0 aliphatic rings. The van der Waals surface area contributed by atoms with Gasteiger partial charge in [-0.05, 0) is 38.1 Å². The zero-order valence-electron chi connectivity index (χ0n) is 19.0. The minimum absolute atomic E-state index is 0.333. The Labute approximate surface area is 206 Å². The number of rotatable bonds is 11. The van der Waals surface area contributed by atoms with E-state index in [1.165, 1.54) is 0 Å². The van der Waals surface area contributed by atoms with E-state index in [9.17, 15) is 79.4 Å². The smallest absolute Gasteiger partial charge is 0.372 e. The van der Waals surface area contributed by atoms with Crippen LogP contribution in [0.25, 0.3) is 0 Å². The highest BCUT2D eigenvalue weighted by Gasteiger charge is 2.95. The predicted molar refractivity (Wildman–Crippen MR) is 99.3 cm³/mol. The molecular formula is C19H15F17N2O. The number of anilines is 2. The standard InChI is InChI=1S/C19H15F17N2O/c1-3-38(4-2)10-7-5-9(6-8-10)37-11(39)12(20,21)13(22,23)14(24,25)15(26,27)16(28,29)17(30,31)18(32,33)19(34,35)36/h5-8H,3-4H2,1-2H3,(H,37,39). The predicted octanol–water partition coefficient (Wildman–Crippen LogP) is 7.48. The number of halogens is 17. The van der Waals surface area contributed by atoms with Crippen LogP contribution < -0.4 is 10.2 Å². The molecule has 3 nitrogen and oxygen atoms in total. The first-order valence-electron chi connectivity index (χ1n) is 10.0. The van der Waals surface area contributed by atoms with Crippen molar-refractivity contribution in [3.05, 3.63) is 24.3 Å². The van der Waals surface area contributed by atoms with E-state index in [1.54, 1.807) is 18.7 Å². The van der Waals surface area contributed by atoms with Crippen LogP contribution >= 0.6 is 0 Å². The Morgan fingerprint density at radius 1 is 0.590 bits per heavy atom. The number of nitrogens with one attached hydrogen (secondary N) is 1. The molecule has 1 N–H and O–H groups in total. The zero-order chi connectivity index (χ0) is 31.3. The summed E-state index contributed by atoms with van der Waals surface area (Å²) in [5, 5.41) is 0.857. The van der Waals surface area contributed by atoms with E-state index in [-0.39, 0.29) is 0 Å². The highest BCUT2D eigenvalue weighted by Crippen LogP contribution is 2.64. The molecular weight excluding hydrogens is 595 g/mol. The number of carbonyl (C=O) groups is 1. The third-order valence-corrected chi connectivity index (χ3v) is 5.26. The van der Waals surface area contributed by atoms with Crippen LogP contribution in [0.15, 0.2) is 24.3 Å². The van der Waals surface area contributed by atoms with Gasteiger partial charge in [-0.1, -0.05) is 0 Å². The van der Waals surface area contributed by atoms with Gasteiger partial charge in [0.2, 0.25) is 0 Å². The number of nitrogens with zero attached hydrogens (tertiary/aromatic N) is 1. The van der Waals surface area contributed by atoms with E-state index in [2.05, 4.69) is 0 Å². The lowest BCUT2D eigenvalue weighted by atomic mass is 9.89. The van der Waals surface area contributed by atoms with E-state index < -0.39 is 59.2 Å². The van der Waals surface area contributed by atoms with Crippen LogP contribution in [0.4, 0.5) is 86.0 Å². The SMILES string of the molecule is CCN(CC)c1ccc(NC(=O)C(F)(F)C(F)(F)C(F)(F)C(F)(F)C(F)(F)C(F)(F)C(F)(F)C(F)(F)F)cc1. The van der Waals surface area contributed by atoms with Gasteiger partial charge in [-0.15, -0.1) is 0 Å². The highest BCUT2D eigenvalue weighted by molar-refractivity contribution is 5.97. The summed E-state index contributed by atoms with van der Waals surface area (Å²) < 4.78 is 226. The number of hydrogen-bond donors (Lipinski definition) is 1. The Hall–Kier alpha value is -2.70. The second-order valence-corrected chi connectivity index (χ2v) is 7.69. The van der Waals surface area contributed by atoms with Gasteiger partial charge < -0.3 is 10.2 Å². The lowest BCUT2D eigenvalue weighted by Gasteiger charge is -2.42. The molecule has 0 radical (unpaired) electrons. The van der Waals surface area contributed by atoms with Gasteiger partial charge in [0.15, 0.2) is 0 Å². The molecule has 0 aliphatic heterocycles. The van der Waals surface area contributed by atoms with Crippen LogP contribution in [0.5, 0.6) is 0 Å². The molecule has 0 saturated carbocycles. The zero-order valence-corrected chi connectivity index (χ0v) is 19.0. The van der Waals surface area contributed by atoms with Gasteiger partial charge in [-0.2, -0.15) is 74.6 Å². The third kappa shape index (κ3) is 5.02. The van der Waals surface area contributed by atoms with Crippen LogP contribution in [0.3, 0.4) is 0 Å². The van der Waals surface area contributed by atoms with Crippen molar-refractivity contribution in [1.29, 1.82) is 0 Å². The largest absolute Gasteiger partial charge is 0.460 e. The molecule has 0 aromatic heterocycles. The third-order valence-electron chi connectivity index (χ3n) is 5.26. The summed E-state index contributed by atoms with van der Waals surface area (Å²) in [5.74, 6) is -61.7. The second-order valence-electron chi connectivity index (χ2n) is 7.69. The fraction of sp³-hybridized carbons (Fsp3) is 0.632. The summed E-state index contributed by atoms with van der Waals surface area (Å²) in [7, 11) is 0. The van der Waals surface area contributed by atoms with Gasteiger partial charge in [0, 0.05) is 24.5 Å². The van der Waals surface area contributed by atoms with Crippen molar-refractivity contribution in [1.82, 2.24) is 0 Å². The first kappa shape index (κ1) is 34.3. The monoisotopic (exact) mass is 610 g/mol. The Kier molecular flexibility index (Phi) is 8.84. The summed E-state index contributed by atoms with van der Waals surface area (Å²) >= 11 is 0. The maximum atomic E-state index is 14.0. The molecule has 0 bridgehead atoms. The van der Waals surface area contributed by atoms with Gasteiger partial charge in [-0.25, -0.2) is 0 Å². The topological polar surface area (TPSA) is 32.3 Å². The second kappa shape index (κ2) is 10.0. The molecule has 1 amide bonds. The Morgan fingerprint density at radius 3 is 1.26 bits per heavy atom. The van der Waals surface area contributed by atoms with Gasteiger partial charge in [0.25, 0.3) is 0 Å². The van der Waals surface area contributed by atoms with Crippen molar-refractivity contribution in [2.24, 2.45) is 0 Å². The fourth-order valence-electron chi connectivity index (χ4n) is 2.86. The number of hydrogen-bond acceptors (Lipinski definition) is 2. The molecule has 226 valence electrons. The first-order valence-corrected chi connectivity index (χ1v) is 10.0. The van der Waals surface area contributed by atoms with Gasteiger partial charge >= 0.3 is 53.5 Å². The molecule has 20 heteroatoms. The van der Waals surface area contributed by atoms with E-state index in [0.717, 1.165) is 17.4 Å². The molecule has 1 aromatic rings. The molecule has 0 fully saturated rings. The molecule has 0 aliphatic carbocycles. The van der Waals surface area contributed by atoms with Crippen molar-refractivity contribution in [3.63, 3.8) is 0 Å². The van der Waals surface area contributed by atoms with Crippen molar-refractivity contribution in [3.8, 4) is 0 Å². The maximum Gasteiger partial charge on any atom is 0.460 e. The van der Waals surface area contributed by atoms with Gasteiger partial charge in [-0.3, -0.25) is 4.79 Å². The Balaban J connectivity index is 3.48. The van der Waals surface area contributed by atoms with Crippen molar-refractivity contribution < 1.29 is 79.4 Å². The van der Waals surface area contributed by atoms with Crippen LogP contribution in [0.1, 0.15) is 13.8 Å². The van der Waals surface area contributed by atoms with Gasteiger partial charge in [0.05, 0.1) is 0 Å².